The van der Waals surface area contributed by atoms with Crippen LogP contribution < -0.4 is 5.32 Å². The summed E-state index contributed by atoms with van der Waals surface area (Å²) in [6, 6.07) is 19.2. The first kappa shape index (κ1) is 27.7. The first-order chi connectivity index (χ1) is 16.8. The normalized spacial score (nSPS) is 12.7. The lowest BCUT2D eigenvalue weighted by Crippen LogP contribution is -2.43. The van der Waals surface area contributed by atoms with E-state index in [1.54, 1.807) is 11.9 Å². The largest absolute Gasteiger partial charge is 0.311 e. The molecule has 3 rings (SSSR count). The Balaban J connectivity index is 1.43. The second-order valence-electron chi connectivity index (χ2n) is 10.2. The third-order valence-electron chi connectivity index (χ3n) is 6.37. The molecule has 3 nitrogen and oxygen atoms in total. The number of nitrogens with one attached hydrogen (secondary N) is 1. The Kier molecular flexibility index (Phi) is 10.6. The number of nitrogens with zero attached hydrogens (tertiary/aromatic N) is 1. The highest BCUT2D eigenvalue weighted by Gasteiger charge is 2.19. The lowest BCUT2D eigenvalue weighted by atomic mass is 9.95. The highest BCUT2D eigenvalue weighted by atomic mass is 32.2. The molecular weight excluding hydrogens is 468 g/mol. The van der Waals surface area contributed by atoms with Crippen molar-refractivity contribution < 1.29 is 4.79 Å². The van der Waals surface area contributed by atoms with E-state index in [1.807, 2.05) is 23.5 Å². The maximum Gasteiger partial charge on any atom is 0.124 e. The Bertz CT molecular complexity index is 1060. The Morgan fingerprint density at radius 3 is 2.57 bits per heavy atom. The summed E-state index contributed by atoms with van der Waals surface area (Å²) in [6.07, 6.45) is 5.02. The Hall–Kier alpha value is -1.92. The third-order valence-corrected chi connectivity index (χ3v) is 8.38. The minimum Gasteiger partial charge on any atom is -0.311 e. The van der Waals surface area contributed by atoms with Crippen LogP contribution in [-0.2, 0) is 17.6 Å². The van der Waals surface area contributed by atoms with Crippen LogP contribution in [0.1, 0.15) is 49.6 Å². The Labute approximate surface area is 220 Å². The van der Waals surface area contributed by atoms with E-state index in [0.717, 1.165) is 24.9 Å². The van der Waals surface area contributed by atoms with Gasteiger partial charge < -0.3 is 10.1 Å². The predicted molar refractivity (Wildman–Crippen MR) is 153 cm³/mol. The fourth-order valence-corrected chi connectivity index (χ4v) is 6.23. The van der Waals surface area contributed by atoms with Crippen LogP contribution in [0.2, 0.25) is 0 Å². The molecule has 1 unspecified atom stereocenters. The molecule has 0 spiro atoms. The molecule has 35 heavy (non-hydrogen) atoms. The van der Waals surface area contributed by atoms with E-state index in [-0.39, 0.29) is 5.54 Å². The molecule has 1 aromatic heterocycles. The zero-order valence-corrected chi connectivity index (χ0v) is 23.5. The average Bonchev–Trinajstić information content (AvgIpc) is 3.23. The lowest BCUT2D eigenvalue weighted by Gasteiger charge is -2.29. The van der Waals surface area contributed by atoms with Crippen molar-refractivity contribution in [1.29, 1.82) is 0 Å². The average molecular weight is 509 g/mol. The van der Waals surface area contributed by atoms with Crippen molar-refractivity contribution >= 4 is 29.6 Å². The van der Waals surface area contributed by atoms with Gasteiger partial charge in [0, 0.05) is 28.3 Å². The highest BCUT2D eigenvalue weighted by Crippen LogP contribution is 2.28. The summed E-state index contributed by atoms with van der Waals surface area (Å²) in [5, 5.41) is 6.02. The fraction of sp³-hybridized carbons (Fsp3) is 0.433. The van der Waals surface area contributed by atoms with Crippen LogP contribution in [0.5, 0.6) is 0 Å². The standard InChI is InChI=1S/C30H40N2OS2/c1-23(21-31-30(3,4)17-7-10-29-24(2)16-19-34-29)22-32(5)35-28-9-6-8-27(20-28)26-13-11-25(12-14-26)15-18-33/h6,8-9,11-14,16,18-20,23,31H,7,10,15,17,21-22H2,1-5H3. The summed E-state index contributed by atoms with van der Waals surface area (Å²) in [5.41, 5.74) is 5.03. The summed E-state index contributed by atoms with van der Waals surface area (Å²) >= 11 is 3.69. The second kappa shape index (κ2) is 13.4. The quantitative estimate of drug-likeness (QED) is 0.181. The topological polar surface area (TPSA) is 32.3 Å². The van der Waals surface area contributed by atoms with Gasteiger partial charge in [0.05, 0.1) is 0 Å². The number of rotatable bonds is 14. The van der Waals surface area contributed by atoms with Crippen LogP contribution in [-0.4, -0.2) is 36.3 Å². The van der Waals surface area contributed by atoms with Crippen molar-refractivity contribution in [3.63, 3.8) is 0 Å². The molecule has 0 aliphatic rings. The predicted octanol–water partition coefficient (Wildman–Crippen LogP) is 7.43. The van der Waals surface area contributed by atoms with Crippen LogP contribution >= 0.6 is 23.3 Å². The molecule has 0 amide bonds. The van der Waals surface area contributed by atoms with E-state index < -0.39 is 0 Å². The van der Waals surface area contributed by atoms with Crippen LogP contribution in [0.15, 0.2) is 64.9 Å². The molecule has 1 N–H and O–H groups in total. The molecule has 188 valence electrons. The number of hydrogen-bond acceptors (Lipinski definition) is 5. The van der Waals surface area contributed by atoms with Crippen LogP contribution in [0.25, 0.3) is 11.1 Å². The Morgan fingerprint density at radius 2 is 1.89 bits per heavy atom. The van der Waals surface area contributed by atoms with E-state index in [4.69, 9.17) is 0 Å². The number of hydrogen-bond donors (Lipinski definition) is 1. The number of benzene rings is 2. The number of aryl methyl sites for hydroxylation is 2. The molecule has 0 bridgehead atoms. The maximum atomic E-state index is 10.7. The van der Waals surface area contributed by atoms with Crippen molar-refractivity contribution in [3.8, 4) is 11.1 Å². The number of aldehydes is 1. The van der Waals surface area contributed by atoms with Gasteiger partial charge in [0.2, 0.25) is 0 Å². The van der Waals surface area contributed by atoms with Gasteiger partial charge in [-0.25, -0.2) is 4.31 Å². The zero-order valence-electron chi connectivity index (χ0n) is 21.8. The van der Waals surface area contributed by atoms with Crippen LogP contribution in [0.3, 0.4) is 0 Å². The molecule has 0 aliphatic heterocycles. The second-order valence-corrected chi connectivity index (χ2v) is 12.5. The van der Waals surface area contributed by atoms with E-state index in [1.165, 1.54) is 45.7 Å². The SMILES string of the molecule is Cc1ccsc1CCCC(C)(C)NCC(C)CN(C)Sc1cccc(-c2ccc(CC=O)cc2)c1. The molecule has 2 aromatic carbocycles. The first-order valence-corrected chi connectivity index (χ1v) is 14.2. The van der Waals surface area contributed by atoms with Crippen LogP contribution in [0, 0.1) is 12.8 Å². The molecule has 1 atom stereocenters. The van der Waals surface area contributed by atoms with Gasteiger partial charge in [0.15, 0.2) is 0 Å². The molecular formula is C30H40N2OS2. The van der Waals surface area contributed by atoms with E-state index in [2.05, 4.69) is 92.2 Å². The van der Waals surface area contributed by atoms with Crippen molar-refractivity contribution in [1.82, 2.24) is 9.62 Å². The number of thiophene rings is 1. The van der Waals surface area contributed by atoms with Gasteiger partial charge in [0.1, 0.15) is 6.29 Å². The maximum absolute atomic E-state index is 10.7. The fourth-order valence-electron chi connectivity index (χ4n) is 4.27. The van der Waals surface area contributed by atoms with Gasteiger partial charge in [-0.1, -0.05) is 43.3 Å². The molecule has 5 heteroatoms. The monoisotopic (exact) mass is 508 g/mol. The molecule has 1 heterocycles. The molecule has 0 saturated heterocycles. The van der Waals surface area contributed by atoms with Crippen molar-refractivity contribution in [2.24, 2.45) is 5.92 Å². The minimum absolute atomic E-state index is 0.154. The van der Waals surface area contributed by atoms with Gasteiger partial charge in [-0.3, -0.25) is 0 Å². The molecule has 3 aromatic rings. The molecule has 0 radical (unpaired) electrons. The molecule has 0 aliphatic carbocycles. The van der Waals surface area contributed by atoms with Crippen molar-refractivity contribution in [2.45, 2.75) is 63.8 Å². The van der Waals surface area contributed by atoms with E-state index in [9.17, 15) is 4.79 Å². The van der Waals surface area contributed by atoms with Crippen molar-refractivity contribution in [3.05, 3.63) is 76.0 Å². The summed E-state index contributed by atoms with van der Waals surface area (Å²) < 4.78 is 2.34. The van der Waals surface area contributed by atoms with Gasteiger partial charge in [0.25, 0.3) is 0 Å². The summed E-state index contributed by atoms with van der Waals surface area (Å²) in [5.74, 6) is 0.555. The summed E-state index contributed by atoms with van der Waals surface area (Å²) in [6.45, 7) is 11.2. The number of carbonyl (C=O) groups is 1. The number of carbonyl (C=O) groups excluding carboxylic acids is 1. The van der Waals surface area contributed by atoms with Crippen LogP contribution in [0.4, 0.5) is 0 Å². The lowest BCUT2D eigenvalue weighted by molar-refractivity contribution is -0.107. The molecule has 0 fully saturated rings. The summed E-state index contributed by atoms with van der Waals surface area (Å²) in [7, 11) is 2.18. The van der Waals surface area contributed by atoms with Gasteiger partial charge in [-0.15, -0.1) is 11.3 Å². The summed E-state index contributed by atoms with van der Waals surface area (Å²) in [4.78, 5) is 13.5. The molecule has 0 saturated carbocycles. The highest BCUT2D eigenvalue weighted by molar-refractivity contribution is 7.97. The Morgan fingerprint density at radius 1 is 1.11 bits per heavy atom. The van der Waals surface area contributed by atoms with E-state index >= 15 is 0 Å². The smallest absolute Gasteiger partial charge is 0.124 e. The van der Waals surface area contributed by atoms with E-state index in [0.29, 0.717) is 12.3 Å². The zero-order chi connectivity index (χ0) is 25.3. The van der Waals surface area contributed by atoms with Gasteiger partial charge in [-0.05, 0) is 117 Å². The third kappa shape index (κ3) is 9.23. The van der Waals surface area contributed by atoms with Crippen molar-refractivity contribution in [2.75, 3.05) is 20.1 Å². The first-order valence-electron chi connectivity index (χ1n) is 12.6. The van der Waals surface area contributed by atoms with Gasteiger partial charge in [-0.2, -0.15) is 0 Å². The van der Waals surface area contributed by atoms with Gasteiger partial charge >= 0.3 is 0 Å². The minimum atomic E-state index is 0.154.